The lowest BCUT2D eigenvalue weighted by Gasteiger charge is -2.54. The Labute approximate surface area is 94.5 Å². The monoisotopic (exact) mass is 227 g/mol. The highest BCUT2D eigenvalue weighted by Gasteiger charge is 2.61. The van der Waals surface area contributed by atoms with Crippen molar-refractivity contribution in [2.24, 2.45) is 5.92 Å². The van der Waals surface area contributed by atoms with Crippen LogP contribution in [0.3, 0.4) is 0 Å². The number of esters is 1. The maximum atomic E-state index is 11.8. The molecule has 1 aliphatic heterocycles. The molecule has 0 unspecified atom stereocenters. The largest absolute Gasteiger partial charge is 0.467 e. The first kappa shape index (κ1) is 11.4. The minimum absolute atomic E-state index is 0.211. The van der Waals surface area contributed by atoms with Crippen LogP contribution >= 0.6 is 0 Å². The van der Waals surface area contributed by atoms with Gasteiger partial charge in [0.25, 0.3) is 0 Å². The van der Waals surface area contributed by atoms with Gasteiger partial charge in [-0.25, -0.2) is 4.79 Å². The Morgan fingerprint density at radius 3 is 2.81 bits per heavy atom. The van der Waals surface area contributed by atoms with Crippen LogP contribution in [-0.4, -0.2) is 37.2 Å². The first-order chi connectivity index (χ1) is 7.60. The van der Waals surface area contributed by atoms with Gasteiger partial charge in [0, 0.05) is 13.5 Å². The summed E-state index contributed by atoms with van der Waals surface area (Å²) in [6, 6.07) is 0. The summed E-state index contributed by atoms with van der Waals surface area (Å²) in [5.74, 6) is -0.247. The summed E-state index contributed by atoms with van der Waals surface area (Å²) in [5.41, 5.74) is -0.939. The summed E-state index contributed by atoms with van der Waals surface area (Å²) < 4.78 is 10.4. The number of amides is 1. The molecule has 1 amide bonds. The third-order valence-electron chi connectivity index (χ3n) is 3.46. The van der Waals surface area contributed by atoms with Crippen molar-refractivity contribution >= 4 is 11.9 Å². The molecular formula is C11H17NO4. The third-order valence-corrected chi connectivity index (χ3v) is 3.46. The normalized spacial score (nSPS) is 36.9. The smallest absolute Gasteiger partial charge is 0.334 e. The van der Waals surface area contributed by atoms with E-state index in [1.54, 1.807) is 0 Å². The van der Waals surface area contributed by atoms with E-state index in [-0.39, 0.29) is 12.0 Å². The van der Waals surface area contributed by atoms with E-state index >= 15 is 0 Å². The van der Waals surface area contributed by atoms with Crippen LogP contribution in [0.25, 0.3) is 0 Å². The number of carbonyl (C=O) groups is 2. The summed E-state index contributed by atoms with van der Waals surface area (Å²) >= 11 is 0. The summed E-state index contributed by atoms with van der Waals surface area (Å²) in [6.45, 7) is 2.06. The molecule has 0 spiro atoms. The van der Waals surface area contributed by atoms with E-state index in [9.17, 15) is 9.59 Å². The Morgan fingerprint density at radius 2 is 2.25 bits per heavy atom. The molecule has 1 saturated carbocycles. The molecule has 0 bridgehead atoms. The lowest BCUT2D eigenvalue weighted by molar-refractivity contribution is -0.191. The van der Waals surface area contributed by atoms with E-state index in [2.05, 4.69) is 5.32 Å². The number of hydrogen-bond acceptors (Lipinski definition) is 4. The van der Waals surface area contributed by atoms with Gasteiger partial charge >= 0.3 is 5.97 Å². The van der Waals surface area contributed by atoms with Crippen molar-refractivity contribution in [1.29, 1.82) is 0 Å². The number of rotatable bonds is 2. The molecule has 0 aromatic rings. The Kier molecular flexibility index (Phi) is 2.88. The molecule has 0 aromatic heterocycles. The van der Waals surface area contributed by atoms with Gasteiger partial charge in [-0.2, -0.15) is 0 Å². The van der Waals surface area contributed by atoms with Gasteiger partial charge in [-0.1, -0.05) is 0 Å². The first-order valence-electron chi connectivity index (χ1n) is 5.59. The van der Waals surface area contributed by atoms with Gasteiger partial charge in [0.2, 0.25) is 5.91 Å². The van der Waals surface area contributed by atoms with Crippen LogP contribution < -0.4 is 5.32 Å². The quantitative estimate of drug-likeness (QED) is 0.686. The molecule has 3 atom stereocenters. The zero-order chi connectivity index (χ0) is 11.8. The molecule has 16 heavy (non-hydrogen) atoms. The summed E-state index contributed by atoms with van der Waals surface area (Å²) in [7, 11) is 1.34. The minimum Gasteiger partial charge on any atom is -0.467 e. The zero-order valence-corrected chi connectivity index (χ0v) is 9.62. The number of fused-ring (bicyclic) bond motifs is 1. The molecule has 90 valence electrons. The molecule has 2 fully saturated rings. The van der Waals surface area contributed by atoms with Crippen molar-refractivity contribution in [3.63, 3.8) is 0 Å². The Bertz CT molecular complexity index is 317. The Morgan fingerprint density at radius 1 is 1.50 bits per heavy atom. The molecule has 1 heterocycles. The Hall–Kier alpha value is -1.10. The van der Waals surface area contributed by atoms with Crippen LogP contribution in [0.4, 0.5) is 0 Å². The average Bonchev–Trinajstić information content (AvgIpc) is 2.24. The highest BCUT2D eigenvalue weighted by molar-refractivity contribution is 5.89. The SMILES string of the molecule is COC(=O)[C@@]1(NC(C)=O)C[C@@H]2CCCO[C@@H]21. The molecule has 5 nitrogen and oxygen atoms in total. The second-order valence-corrected chi connectivity index (χ2v) is 4.54. The zero-order valence-electron chi connectivity index (χ0n) is 9.62. The second kappa shape index (κ2) is 4.05. The summed E-state index contributed by atoms with van der Waals surface area (Å²) in [6.07, 6.45) is 2.50. The number of methoxy groups -OCH3 is 1. The molecule has 1 saturated heterocycles. The molecular weight excluding hydrogens is 210 g/mol. The van der Waals surface area contributed by atoms with Gasteiger partial charge in [-0.3, -0.25) is 4.79 Å². The Balaban J connectivity index is 2.16. The van der Waals surface area contributed by atoms with Gasteiger partial charge in [-0.15, -0.1) is 0 Å². The van der Waals surface area contributed by atoms with E-state index < -0.39 is 11.5 Å². The second-order valence-electron chi connectivity index (χ2n) is 4.54. The molecule has 1 aliphatic carbocycles. The van der Waals surface area contributed by atoms with E-state index in [1.807, 2.05) is 0 Å². The van der Waals surface area contributed by atoms with E-state index in [4.69, 9.17) is 9.47 Å². The number of hydrogen-bond donors (Lipinski definition) is 1. The first-order valence-corrected chi connectivity index (χ1v) is 5.59. The molecule has 2 rings (SSSR count). The molecule has 2 aliphatic rings. The predicted molar refractivity (Wildman–Crippen MR) is 55.6 cm³/mol. The maximum Gasteiger partial charge on any atom is 0.334 e. The number of carbonyl (C=O) groups excluding carboxylic acids is 2. The average molecular weight is 227 g/mol. The third kappa shape index (κ3) is 1.59. The maximum absolute atomic E-state index is 11.8. The van der Waals surface area contributed by atoms with Crippen LogP contribution in [0.15, 0.2) is 0 Å². The van der Waals surface area contributed by atoms with Gasteiger partial charge < -0.3 is 14.8 Å². The van der Waals surface area contributed by atoms with Crippen molar-refractivity contribution in [2.45, 2.75) is 37.8 Å². The van der Waals surface area contributed by atoms with Crippen molar-refractivity contribution < 1.29 is 19.1 Å². The van der Waals surface area contributed by atoms with E-state index in [0.29, 0.717) is 18.9 Å². The standard InChI is InChI=1S/C11H17NO4/c1-7(13)12-11(10(14)15-2)6-8-4-3-5-16-9(8)11/h8-9H,3-6H2,1-2H3,(H,12,13)/t8-,9-,11+/m0/s1. The fourth-order valence-corrected chi connectivity index (χ4v) is 2.84. The van der Waals surface area contributed by atoms with Gasteiger partial charge in [0.05, 0.1) is 13.2 Å². The van der Waals surface area contributed by atoms with Crippen LogP contribution in [0.1, 0.15) is 26.2 Å². The van der Waals surface area contributed by atoms with Gasteiger partial charge in [0.15, 0.2) is 5.54 Å². The minimum atomic E-state index is -0.939. The van der Waals surface area contributed by atoms with Crippen LogP contribution in [0, 0.1) is 5.92 Å². The lowest BCUT2D eigenvalue weighted by Crippen LogP contribution is -2.73. The van der Waals surface area contributed by atoms with Crippen molar-refractivity contribution in [3.8, 4) is 0 Å². The molecule has 1 N–H and O–H groups in total. The van der Waals surface area contributed by atoms with E-state index in [1.165, 1.54) is 14.0 Å². The van der Waals surface area contributed by atoms with Gasteiger partial charge in [0.1, 0.15) is 0 Å². The predicted octanol–water partition coefficient (Wildman–Crippen LogP) is 0.233. The van der Waals surface area contributed by atoms with Crippen LogP contribution in [0.5, 0.6) is 0 Å². The van der Waals surface area contributed by atoms with Gasteiger partial charge in [-0.05, 0) is 25.2 Å². The van der Waals surface area contributed by atoms with E-state index in [0.717, 1.165) is 12.8 Å². The molecule has 0 aromatic carbocycles. The van der Waals surface area contributed by atoms with Crippen LogP contribution in [0.2, 0.25) is 0 Å². The summed E-state index contributed by atoms with van der Waals surface area (Å²) in [4.78, 5) is 23.0. The van der Waals surface area contributed by atoms with Crippen molar-refractivity contribution in [3.05, 3.63) is 0 Å². The topological polar surface area (TPSA) is 64.6 Å². The lowest BCUT2D eigenvalue weighted by atomic mass is 9.62. The number of ether oxygens (including phenoxy) is 2. The van der Waals surface area contributed by atoms with Crippen molar-refractivity contribution in [2.75, 3.05) is 13.7 Å². The fraction of sp³-hybridized carbons (Fsp3) is 0.818. The highest BCUT2D eigenvalue weighted by atomic mass is 16.5. The van der Waals surface area contributed by atoms with Crippen molar-refractivity contribution in [1.82, 2.24) is 5.32 Å². The molecule has 0 radical (unpaired) electrons. The van der Waals surface area contributed by atoms with Crippen LogP contribution in [-0.2, 0) is 19.1 Å². The highest BCUT2D eigenvalue weighted by Crippen LogP contribution is 2.46. The number of nitrogens with one attached hydrogen (secondary N) is 1. The summed E-state index contributed by atoms with van der Waals surface area (Å²) in [5, 5.41) is 2.70. The fourth-order valence-electron chi connectivity index (χ4n) is 2.84. The molecule has 5 heteroatoms.